The first-order chi connectivity index (χ1) is 15.7. The maximum Gasteiger partial charge on any atom is 0.254 e. The van der Waals surface area contributed by atoms with Crippen molar-refractivity contribution in [2.75, 3.05) is 19.8 Å². The molecule has 1 atom stereocenters. The number of terminal acetylenes is 1. The van der Waals surface area contributed by atoms with Crippen molar-refractivity contribution in [1.29, 1.82) is 0 Å². The van der Waals surface area contributed by atoms with E-state index in [1.807, 2.05) is 65.7 Å². The molecular weight excluding hydrogens is 402 g/mol. The van der Waals surface area contributed by atoms with Gasteiger partial charge in [0, 0.05) is 44.1 Å². The van der Waals surface area contributed by atoms with Crippen LogP contribution in [0.25, 0.3) is 5.69 Å². The van der Waals surface area contributed by atoms with Gasteiger partial charge < -0.3 is 14.4 Å². The Balaban J connectivity index is 1.47. The molecule has 1 aliphatic rings. The highest BCUT2D eigenvalue weighted by Crippen LogP contribution is 2.20. The van der Waals surface area contributed by atoms with Gasteiger partial charge in [0.2, 0.25) is 0 Å². The summed E-state index contributed by atoms with van der Waals surface area (Å²) in [5, 5.41) is 4.24. The first-order valence-corrected chi connectivity index (χ1v) is 10.9. The zero-order valence-corrected chi connectivity index (χ0v) is 18.0. The van der Waals surface area contributed by atoms with Gasteiger partial charge in [-0.3, -0.25) is 4.79 Å². The maximum absolute atomic E-state index is 13.4. The van der Waals surface area contributed by atoms with Gasteiger partial charge in [-0.25, -0.2) is 4.68 Å². The number of carbonyl (C=O) groups is 1. The molecule has 4 rings (SSSR count). The molecule has 32 heavy (non-hydrogen) atoms. The van der Waals surface area contributed by atoms with Gasteiger partial charge in [-0.15, -0.1) is 12.3 Å². The second-order valence-corrected chi connectivity index (χ2v) is 7.76. The molecule has 0 aliphatic carbocycles. The lowest BCUT2D eigenvalue weighted by atomic mass is 10.1. The third-order valence-corrected chi connectivity index (χ3v) is 5.43. The van der Waals surface area contributed by atoms with Crippen molar-refractivity contribution in [3.63, 3.8) is 0 Å². The fourth-order valence-electron chi connectivity index (χ4n) is 3.75. The number of ether oxygens (including phenoxy) is 2. The lowest BCUT2D eigenvalue weighted by Gasteiger charge is -2.26. The van der Waals surface area contributed by atoms with Crippen LogP contribution in [0.15, 0.2) is 67.0 Å². The zero-order valence-electron chi connectivity index (χ0n) is 18.0. The third-order valence-electron chi connectivity index (χ3n) is 5.43. The van der Waals surface area contributed by atoms with Crippen molar-refractivity contribution >= 4 is 5.91 Å². The highest BCUT2D eigenvalue weighted by Gasteiger charge is 2.24. The molecule has 0 bridgehead atoms. The van der Waals surface area contributed by atoms with Crippen LogP contribution in [0.1, 0.15) is 35.2 Å². The molecule has 2 aromatic carbocycles. The number of rotatable bonds is 9. The SMILES string of the molecule is C#CCCOc1ccc(CN(C[C@H]2CCCO2)C(=O)c2ccc(-n3cccn3)cc2)cc1. The fourth-order valence-corrected chi connectivity index (χ4v) is 3.75. The van der Waals surface area contributed by atoms with Crippen molar-refractivity contribution < 1.29 is 14.3 Å². The minimum Gasteiger partial charge on any atom is -0.493 e. The largest absolute Gasteiger partial charge is 0.493 e. The molecule has 0 unspecified atom stereocenters. The van der Waals surface area contributed by atoms with Crippen LogP contribution in [0.5, 0.6) is 5.75 Å². The van der Waals surface area contributed by atoms with Gasteiger partial charge in [-0.1, -0.05) is 12.1 Å². The Morgan fingerprint density at radius 1 is 1.22 bits per heavy atom. The van der Waals surface area contributed by atoms with E-state index in [-0.39, 0.29) is 12.0 Å². The van der Waals surface area contributed by atoms with Gasteiger partial charge >= 0.3 is 0 Å². The van der Waals surface area contributed by atoms with Crippen LogP contribution in [0.4, 0.5) is 0 Å². The Bertz CT molecular complexity index is 1030. The van der Waals surface area contributed by atoms with E-state index >= 15 is 0 Å². The molecule has 0 saturated carbocycles. The molecule has 3 aromatic rings. The first kappa shape index (κ1) is 21.7. The van der Waals surface area contributed by atoms with Crippen molar-refractivity contribution in [3.05, 3.63) is 78.1 Å². The van der Waals surface area contributed by atoms with Gasteiger partial charge in [-0.05, 0) is 60.9 Å². The summed E-state index contributed by atoms with van der Waals surface area (Å²) in [6.07, 6.45) is 11.5. The molecule has 1 fully saturated rings. The highest BCUT2D eigenvalue weighted by atomic mass is 16.5. The Morgan fingerprint density at radius 3 is 2.69 bits per heavy atom. The van der Waals surface area contributed by atoms with Crippen LogP contribution < -0.4 is 4.74 Å². The lowest BCUT2D eigenvalue weighted by molar-refractivity contribution is 0.0507. The number of aromatic nitrogens is 2. The maximum atomic E-state index is 13.4. The van der Waals surface area contributed by atoms with Crippen molar-refractivity contribution in [2.24, 2.45) is 0 Å². The van der Waals surface area contributed by atoms with Gasteiger partial charge in [0.25, 0.3) is 5.91 Å². The van der Waals surface area contributed by atoms with Crippen LogP contribution in [0.3, 0.4) is 0 Å². The molecule has 2 heterocycles. The highest BCUT2D eigenvalue weighted by molar-refractivity contribution is 5.94. The Labute approximate surface area is 188 Å². The summed E-state index contributed by atoms with van der Waals surface area (Å²) in [7, 11) is 0. The Morgan fingerprint density at radius 2 is 2.03 bits per heavy atom. The predicted molar refractivity (Wildman–Crippen MR) is 123 cm³/mol. The van der Waals surface area contributed by atoms with E-state index in [0.29, 0.717) is 31.7 Å². The molecule has 1 aromatic heterocycles. The van der Waals surface area contributed by atoms with Gasteiger partial charge in [0.1, 0.15) is 5.75 Å². The summed E-state index contributed by atoms with van der Waals surface area (Å²) in [6, 6.07) is 17.2. The van der Waals surface area contributed by atoms with Crippen molar-refractivity contribution in [2.45, 2.75) is 31.9 Å². The molecular formula is C26H27N3O3. The standard InChI is InChI=1S/C26H27N3O3/c1-2-3-17-31-24-13-7-21(8-14-24)19-28(20-25-6-4-18-32-25)26(30)22-9-11-23(12-10-22)29-16-5-15-27-29/h1,5,7-16,25H,3-4,6,17-20H2/t25-/m1/s1. The average Bonchev–Trinajstić information content (AvgIpc) is 3.54. The minimum atomic E-state index is -0.0122. The average molecular weight is 430 g/mol. The van der Waals surface area contributed by atoms with Crippen LogP contribution >= 0.6 is 0 Å². The molecule has 0 spiro atoms. The van der Waals surface area contributed by atoms with E-state index in [9.17, 15) is 4.79 Å². The number of amides is 1. The second-order valence-electron chi connectivity index (χ2n) is 7.76. The summed E-state index contributed by atoms with van der Waals surface area (Å²) in [5.74, 6) is 3.32. The Kier molecular flexibility index (Phi) is 7.21. The van der Waals surface area contributed by atoms with E-state index in [1.54, 1.807) is 10.9 Å². The van der Waals surface area contributed by atoms with E-state index in [0.717, 1.165) is 36.4 Å². The summed E-state index contributed by atoms with van der Waals surface area (Å²) >= 11 is 0. The van der Waals surface area contributed by atoms with Crippen LogP contribution in [0.2, 0.25) is 0 Å². The fraction of sp³-hybridized carbons (Fsp3) is 0.308. The van der Waals surface area contributed by atoms with Crippen LogP contribution in [-0.4, -0.2) is 46.5 Å². The number of hydrogen-bond donors (Lipinski definition) is 0. The van der Waals surface area contributed by atoms with Crippen molar-refractivity contribution in [1.82, 2.24) is 14.7 Å². The van der Waals surface area contributed by atoms with Gasteiger partial charge in [0.05, 0.1) is 18.4 Å². The van der Waals surface area contributed by atoms with Crippen molar-refractivity contribution in [3.8, 4) is 23.8 Å². The number of nitrogens with zero attached hydrogens (tertiary/aromatic N) is 3. The monoisotopic (exact) mass is 429 g/mol. The predicted octanol–water partition coefficient (Wildman–Crippen LogP) is 4.10. The summed E-state index contributed by atoms with van der Waals surface area (Å²) in [4.78, 5) is 15.2. The van der Waals surface area contributed by atoms with Gasteiger partial charge in [0.15, 0.2) is 0 Å². The number of hydrogen-bond acceptors (Lipinski definition) is 4. The van der Waals surface area contributed by atoms with E-state index < -0.39 is 0 Å². The molecule has 1 aliphatic heterocycles. The molecule has 6 heteroatoms. The normalized spacial score (nSPS) is 15.3. The minimum absolute atomic E-state index is 0.0122. The van der Waals surface area contributed by atoms with Crippen LogP contribution in [0, 0.1) is 12.3 Å². The molecule has 0 radical (unpaired) electrons. The topological polar surface area (TPSA) is 56.6 Å². The lowest BCUT2D eigenvalue weighted by Crippen LogP contribution is -2.37. The van der Waals surface area contributed by atoms with E-state index in [4.69, 9.17) is 15.9 Å². The molecule has 1 amide bonds. The molecule has 164 valence electrons. The molecule has 1 saturated heterocycles. The number of carbonyl (C=O) groups excluding carboxylic acids is 1. The summed E-state index contributed by atoms with van der Waals surface area (Å²) in [5.41, 5.74) is 2.60. The summed E-state index contributed by atoms with van der Waals surface area (Å²) < 4.78 is 13.2. The quantitative estimate of drug-likeness (QED) is 0.380. The first-order valence-electron chi connectivity index (χ1n) is 10.9. The third kappa shape index (κ3) is 5.57. The smallest absolute Gasteiger partial charge is 0.254 e. The van der Waals surface area contributed by atoms with E-state index in [2.05, 4.69) is 11.0 Å². The van der Waals surface area contributed by atoms with Gasteiger partial charge in [-0.2, -0.15) is 5.10 Å². The molecule has 6 nitrogen and oxygen atoms in total. The number of benzene rings is 2. The zero-order chi connectivity index (χ0) is 22.2. The second kappa shape index (κ2) is 10.7. The molecule has 0 N–H and O–H groups in total. The Hall–Kier alpha value is -3.56. The summed E-state index contributed by atoms with van der Waals surface area (Å²) in [6.45, 7) is 2.33. The van der Waals surface area contributed by atoms with E-state index in [1.165, 1.54) is 0 Å². The van der Waals surface area contributed by atoms with Crippen LogP contribution in [-0.2, 0) is 11.3 Å².